The molecule has 0 aliphatic carbocycles. The minimum absolute atomic E-state index is 0.142. The van der Waals surface area contributed by atoms with Crippen LogP contribution in [0.5, 0.6) is 5.75 Å². The van der Waals surface area contributed by atoms with E-state index in [4.69, 9.17) is 27.2 Å². The highest BCUT2D eigenvalue weighted by molar-refractivity contribution is 6.32. The van der Waals surface area contributed by atoms with Crippen molar-refractivity contribution in [3.8, 4) is 5.75 Å². The fourth-order valence-electron chi connectivity index (χ4n) is 1.82. The molecule has 0 fully saturated rings. The molecule has 0 saturated carbocycles. The highest BCUT2D eigenvalue weighted by Crippen LogP contribution is 2.36. The van der Waals surface area contributed by atoms with E-state index in [1.54, 1.807) is 6.07 Å². The molecular formula is C12H16ClNO3. The molecule has 1 atom stereocenters. The second-order valence-electron chi connectivity index (χ2n) is 3.96. The number of methoxy groups -OCH3 is 1. The summed E-state index contributed by atoms with van der Waals surface area (Å²) in [7, 11) is 1.52. The number of carboxylic acid groups (broad SMARTS) is 1. The summed E-state index contributed by atoms with van der Waals surface area (Å²) in [5, 5.41) is 9.37. The normalized spacial score (nSPS) is 12.3. The predicted octanol–water partition coefficient (Wildman–Crippen LogP) is 2.44. The third-order valence-electron chi connectivity index (χ3n) is 2.65. The van der Waals surface area contributed by atoms with Gasteiger partial charge in [-0.2, -0.15) is 0 Å². The summed E-state index contributed by atoms with van der Waals surface area (Å²) >= 11 is 6.11. The van der Waals surface area contributed by atoms with Crippen LogP contribution in [0.3, 0.4) is 0 Å². The lowest BCUT2D eigenvalue weighted by Crippen LogP contribution is -2.16. The molecule has 1 aromatic rings. The molecule has 1 aromatic carbocycles. The molecule has 94 valence electrons. The maximum Gasteiger partial charge on any atom is 0.305 e. The molecule has 0 heterocycles. The van der Waals surface area contributed by atoms with Gasteiger partial charge in [0.2, 0.25) is 0 Å². The molecule has 0 aliphatic heterocycles. The molecule has 1 unspecified atom stereocenters. The van der Waals surface area contributed by atoms with Crippen LogP contribution in [-0.2, 0) is 4.79 Å². The standard InChI is InChI=1S/C12H16ClNO3/c1-6-4-8(9(14)5-10(15)16)12(17-3)7(2)11(6)13/h4,9H,5,14H2,1-3H3,(H,15,16). The molecule has 0 saturated heterocycles. The zero-order chi connectivity index (χ0) is 13.2. The van der Waals surface area contributed by atoms with Gasteiger partial charge in [-0.1, -0.05) is 11.6 Å². The SMILES string of the molecule is COc1c(C(N)CC(=O)O)cc(C)c(Cl)c1C. The van der Waals surface area contributed by atoms with Gasteiger partial charge in [0.25, 0.3) is 0 Å². The summed E-state index contributed by atoms with van der Waals surface area (Å²) in [4.78, 5) is 10.7. The van der Waals surface area contributed by atoms with Crippen LogP contribution in [-0.4, -0.2) is 18.2 Å². The van der Waals surface area contributed by atoms with Gasteiger partial charge in [0.1, 0.15) is 5.75 Å². The van der Waals surface area contributed by atoms with Crippen LogP contribution in [0.4, 0.5) is 0 Å². The van der Waals surface area contributed by atoms with E-state index in [0.717, 1.165) is 11.1 Å². The number of aryl methyl sites for hydroxylation is 1. The van der Waals surface area contributed by atoms with Gasteiger partial charge in [0, 0.05) is 17.2 Å². The fourth-order valence-corrected chi connectivity index (χ4v) is 1.96. The average Bonchev–Trinajstić information content (AvgIpc) is 2.24. The molecule has 17 heavy (non-hydrogen) atoms. The third-order valence-corrected chi connectivity index (χ3v) is 3.23. The zero-order valence-corrected chi connectivity index (χ0v) is 10.8. The fraction of sp³-hybridized carbons (Fsp3) is 0.417. The number of aliphatic carboxylic acids is 1. The first-order chi connectivity index (χ1) is 7.88. The Balaban J connectivity index is 3.27. The number of carboxylic acids is 1. The van der Waals surface area contributed by atoms with Crippen molar-refractivity contribution in [2.24, 2.45) is 5.73 Å². The summed E-state index contributed by atoms with van der Waals surface area (Å²) in [5.74, 6) is -0.376. The lowest BCUT2D eigenvalue weighted by atomic mass is 9.98. The smallest absolute Gasteiger partial charge is 0.305 e. The maximum absolute atomic E-state index is 10.7. The van der Waals surface area contributed by atoms with E-state index < -0.39 is 12.0 Å². The zero-order valence-electron chi connectivity index (χ0n) is 10.1. The summed E-state index contributed by atoms with van der Waals surface area (Å²) in [6.07, 6.45) is -0.142. The average molecular weight is 258 g/mol. The van der Waals surface area contributed by atoms with Crippen LogP contribution in [0.2, 0.25) is 5.02 Å². The number of nitrogens with two attached hydrogens (primary N) is 1. The van der Waals surface area contributed by atoms with Crippen molar-refractivity contribution in [1.82, 2.24) is 0 Å². The number of halogens is 1. The quantitative estimate of drug-likeness (QED) is 0.869. The molecule has 0 spiro atoms. The van der Waals surface area contributed by atoms with Gasteiger partial charge >= 0.3 is 5.97 Å². The van der Waals surface area contributed by atoms with Gasteiger partial charge in [-0.25, -0.2) is 0 Å². The van der Waals surface area contributed by atoms with Gasteiger partial charge in [0.05, 0.1) is 18.6 Å². The van der Waals surface area contributed by atoms with Crippen molar-refractivity contribution >= 4 is 17.6 Å². The largest absolute Gasteiger partial charge is 0.496 e. The van der Waals surface area contributed by atoms with Crippen LogP contribution in [0.25, 0.3) is 0 Å². The number of hydrogen-bond acceptors (Lipinski definition) is 3. The van der Waals surface area contributed by atoms with E-state index in [1.807, 2.05) is 13.8 Å². The highest BCUT2D eigenvalue weighted by Gasteiger charge is 2.19. The van der Waals surface area contributed by atoms with Gasteiger partial charge in [0.15, 0.2) is 0 Å². The first kappa shape index (κ1) is 13.8. The number of carbonyl (C=O) groups is 1. The molecular weight excluding hydrogens is 242 g/mol. The Labute approximate surface area is 105 Å². The van der Waals surface area contributed by atoms with Crippen LogP contribution in [0.15, 0.2) is 6.07 Å². The van der Waals surface area contributed by atoms with Crippen molar-refractivity contribution in [2.75, 3.05) is 7.11 Å². The van der Waals surface area contributed by atoms with Crippen molar-refractivity contribution in [3.63, 3.8) is 0 Å². The van der Waals surface area contributed by atoms with Crippen molar-refractivity contribution in [3.05, 3.63) is 27.8 Å². The van der Waals surface area contributed by atoms with E-state index in [9.17, 15) is 4.79 Å². The number of rotatable bonds is 4. The Morgan fingerprint density at radius 2 is 2.18 bits per heavy atom. The lowest BCUT2D eigenvalue weighted by molar-refractivity contribution is -0.137. The topological polar surface area (TPSA) is 72.5 Å². The van der Waals surface area contributed by atoms with Crippen LogP contribution >= 0.6 is 11.6 Å². The second-order valence-corrected chi connectivity index (χ2v) is 4.34. The molecule has 0 amide bonds. The van der Waals surface area contributed by atoms with Crippen LogP contribution in [0, 0.1) is 13.8 Å². The van der Waals surface area contributed by atoms with E-state index in [0.29, 0.717) is 16.3 Å². The number of hydrogen-bond donors (Lipinski definition) is 2. The molecule has 5 heteroatoms. The first-order valence-corrected chi connectivity index (χ1v) is 5.57. The molecule has 0 bridgehead atoms. The Morgan fingerprint density at radius 1 is 1.59 bits per heavy atom. The van der Waals surface area contributed by atoms with Gasteiger partial charge in [-0.3, -0.25) is 4.79 Å². The Hall–Kier alpha value is -1.26. The highest BCUT2D eigenvalue weighted by atomic mass is 35.5. The molecule has 4 nitrogen and oxygen atoms in total. The minimum atomic E-state index is -0.940. The third kappa shape index (κ3) is 2.90. The lowest BCUT2D eigenvalue weighted by Gasteiger charge is -2.18. The van der Waals surface area contributed by atoms with Gasteiger partial charge in [-0.15, -0.1) is 0 Å². The summed E-state index contributed by atoms with van der Waals surface area (Å²) < 4.78 is 5.26. The molecule has 0 aromatic heterocycles. The summed E-state index contributed by atoms with van der Waals surface area (Å²) in [6, 6.07) is 1.18. The van der Waals surface area contributed by atoms with E-state index >= 15 is 0 Å². The second kappa shape index (κ2) is 5.38. The molecule has 1 rings (SSSR count). The minimum Gasteiger partial charge on any atom is -0.496 e. The Kier molecular flexibility index (Phi) is 4.37. The summed E-state index contributed by atoms with van der Waals surface area (Å²) in [6.45, 7) is 3.68. The molecule has 0 radical (unpaired) electrons. The van der Waals surface area contributed by atoms with Crippen molar-refractivity contribution in [1.29, 1.82) is 0 Å². The maximum atomic E-state index is 10.7. The van der Waals surface area contributed by atoms with Gasteiger partial charge < -0.3 is 15.6 Å². The van der Waals surface area contributed by atoms with Gasteiger partial charge in [-0.05, 0) is 25.5 Å². The predicted molar refractivity (Wildman–Crippen MR) is 66.7 cm³/mol. The molecule has 3 N–H and O–H groups in total. The number of ether oxygens (including phenoxy) is 1. The van der Waals surface area contributed by atoms with E-state index in [1.165, 1.54) is 7.11 Å². The van der Waals surface area contributed by atoms with Crippen molar-refractivity contribution < 1.29 is 14.6 Å². The monoisotopic (exact) mass is 257 g/mol. The Bertz CT molecular complexity index is 446. The van der Waals surface area contributed by atoms with E-state index in [2.05, 4.69) is 0 Å². The summed E-state index contributed by atoms with van der Waals surface area (Å²) in [5.41, 5.74) is 8.18. The van der Waals surface area contributed by atoms with Crippen LogP contribution in [0.1, 0.15) is 29.2 Å². The Morgan fingerprint density at radius 3 is 2.65 bits per heavy atom. The van der Waals surface area contributed by atoms with Crippen molar-refractivity contribution in [2.45, 2.75) is 26.3 Å². The van der Waals surface area contributed by atoms with Crippen LogP contribution < -0.4 is 10.5 Å². The first-order valence-electron chi connectivity index (χ1n) is 5.19. The van der Waals surface area contributed by atoms with E-state index in [-0.39, 0.29) is 6.42 Å². The number of benzene rings is 1. The molecule has 0 aliphatic rings.